The largest absolute Gasteiger partial charge is 0.324 e. The molecule has 0 radical (unpaired) electrons. The summed E-state index contributed by atoms with van der Waals surface area (Å²) in [6, 6.07) is 10.6. The lowest BCUT2D eigenvalue weighted by molar-refractivity contribution is 0.319. The molecule has 2 aromatic rings. The van der Waals surface area contributed by atoms with Crippen molar-refractivity contribution in [2.45, 2.75) is 32.7 Å². The van der Waals surface area contributed by atoms with Crippen LogP contribution < -0.4 is 5.73 Å². The standard InChI is InChI=1S/C17H20N2/c1-17(2)10-13(9-14(18)11-17)15-7-3-5-12-6-4-8-19-16(12)15/h3-9,14H,10-11,18H2,1-2H3. The van der Waals surface area contributed by atoms with Gasteiger partial charge in [0.15, 0.2) is 0 Å². The van der Waals surface area contributed by atoms with Gasteiger partial charge in [0.05, 0.1) is 5.52 Å². The molecule has 0 aliphatic heterocycles. The first-order valence-corrected chi connectivity index (χ1v) is 6.86. The molecule has 1 aliphatic rings. The van der Waals surface area contributed by atoms with E-state index in [0.717, 1.165) is 18.4 Å². The summed E-state index contributed by atoms with van der Waals surface area (Å²) in [4.78, 5) is 4.55. The lowest BCUT2D eigenvalue weighted by Gasteiger charge is -2.33. The molecule has 1 heterocycles. The first-order valence-electron chi connectivity index (χ1n) is 6.86. The molecule has 0 fully saturated rings. The third-order valence-corrected chi connectivity index (χ3v) is 3.85. The van der Waals surface area contributed by atoms with E-state index in [2.05, 4.69) is 49.2 Å². The summed E-state index contributed by atoms with van der Waals surface area (Å²) < 4.78 is 0. The normalized spacial score (nSPS) is 22.3. The molecular weight excluding hydrogens is 232 g/mol. The maximum atomic E-state index is 6.19. The molecule has 2 N–H and O–H groups in total. The Labute approximate surface area is 114 Å². The molecule has 1 atom stereocenters. The number of hydrogen-bond donors (Lipinski definition) is 1. The van der Waals surface area contributed by atoms with Crippen molar-refractivity contribution in [2.24, 2.45) is 11.1 Å². The fraction of sp³-hybridized carbons (Fsp3) is 0.353. The molecule has 0 bridgehead atoms. The number of allylic oxidation sites excluding steroid dienone is 1. The van der Waals surface area contributed by atoms with E-state index in [-0.39, 0.29) is 11.5 Å². The van der Waals surface area contributed by atoms with Crippen LogP contribution in [0.3, 0.4) is 0 Å². The van der Waals surface area contributed by atoms with Crippen molar-refractivity contribution in [1.82, 2.24) is 4.98 Å². The molecule has 1 aliphatic carbocycles. The van der Waals surface area contributed by atoms with Gasteiger partial charge >= 0.3 is 0 Å². The number of fused-ring (bicyclic) bond motifs is 1. The third kappa shape index (κ3) is 2.41. The minimum absolute atomic E-state index is 0.151. The molecule has 2 heteroatoms. The van der Waals surface area contributed by atoms with E-state index in [1.807, 2.05) is 12.3 Å². The Morgan fingerprint density at radius 2 is 2.00 bits per heavy atom. The van der Waals surface area contributed by atoms with Crippen LogP contribution in [0.5, 0.6) is 0 Å². The van der Waals surface area contributed by atoms with Crippen LogP contribution in [0.15, 0.2) is 42.6 Å². The number of pyridine rings is 1. The summed E-state index contributed by atoms with van der Waals surface area (Å²) in [5.41, 5.74) is 10.1. The van der Waals surface area contributed by atoms with Gasteiger partial charge in [-0.2, -0.15) is 0 Å². The number of nitrogens with zero attached hydrogens (tertiary/aromatic N) is 1. The number of hydrogen-bond acceptors (Lipinski definition) is 2. The van der Waals surface area contributed by atoms with Crippen LogP contribution in [0, 0.1) is 5.41 Å². The van der Waals surface area contributed by atoms with E-state index in [4.69, 9.17) is 5.73 Å². The van der Waals surface area contributed by atoms with E-state index in [1.54, 1.807) is 0 Å². The minimum atomic E-state index is 0.151. The lowest BCUT2D eigenvalue weighted by Crippen LogP contribution is -2.30. The molecule has 1 aromatic carbocycles. The first kappa shape index (κ1) is 12.4. The van der Waals surface area contributed by atoms with Crippen molar-refractivity contribution in [2.75, 3.05) is 0 Å². The molecule has 0 amide bonds. The van der Waals surface area contributed by atoms with Crippen LogP contribution in [0.25, 0.3) is 16.5 Å². The summed E-state index contributed by atoms with van der Waals surface area (Å²) in [7, 11) is 0. The van der Waals surface area contributed by atoms with E-state index in [1.165, 1.54) is 16.5 Å². The van der Waals surface area contributed by atoms with Gasteiger partial charge in [-0.1, -0.05) is 44.2 Å². The first-order chi connectivity index (χ1) is 9.05. The van der Waals surface area contributed by atoms with Gasteiger partial charge in [0, 0.05) is 23.2 Å². The van der Waals surface area contributed by atoms with Gasteiger partial charge in [0.25, 0.3) is 0 Å². The average molecular weight is 252 g/mol. The van der Waals surface area contributed by atoms with Crippen LogP contribution in [0.1, 0.15) is 32.3 Å². The second-order valence-corrected chi connectivity index (χ2v) is 6.28. The average Bonchev–Trinajstić information content (AvgIpc) is 2.35. The highest BCUT2D eigenvalue weighted by atomic mass is 14.7. The molecule has 0 spiro atoms. The van der Waals surface area contributed by atoms with Gasteiger partial charge in [-0.3, -0.25) is 4.98 Å². The highest BCUT2D eigenvalue weighted by molar-refractivity contribution is 5.91. The number of para-hydroxylation sites is 1. The molecule has 98 valence electrons. The van der Waals surface area contributed by atoms with E-state index >= 15 is 0 Å². The fourth-order valence-electron chi connectivity index (χ4n) is 3.15. The summed E-state index contributed by atoms with van der Waals surface area (Å²) >= 11 is 0. The van der Waals surface area contributed by atoms with Gasteiger partial charge < -0.3 is 5.73 Å². The topological polar surface area (TPSA) is 38.9 Å². The number of benzene rings is 1. The highest BCUT2D eigenvalue weighted by Crippen LogP contribution is 2.40. The Kier molecular flexibility index (Phi) is 2.90. The molecule has 1 unspecified atom stereocenters. The molecule has 2 nitrogen and oxygen atoms in total. The summed E-state index contributed by atoms with van der Waals surface area (Å²) in [6.45, 7) is 4.58. The Hall–Kier alpha value is -1.67. The molecule has 1 aromatic heterocycles. The SMILES string of the molecule is CC1(C)CC(c2cccc3cccnc23)=CC(N)C1. The van der Waals surface area contributed by atoms with Crippen molar-refractivity contribution < 1.29 is 0 Å². The van der Waals surface area contributed by atoms with E-state index < -0.39 is 0 Å². The lowest BCUT2D eigenvalue weighted by atomic mass is 9.74. The van der Waals surface area contributed by atoms with Crippen LogP contribution >= 0.6 is 0 Å². The van der Waals surface area contributed by atoms with Crippen molar-refractivity contribution in [3.63, 3.8) is 0 Å². The van der Waals surface area contributed by atoms with Crippen molar-refractivity contribution in [3.8, 4) is 0 Å². The summed E-state index contributed by atoms with van der Waals surface area (Å²) in [6.07, 6.45) is 6.19. The molecule has 3 rings (SSSR count). The van der Waals surface area contributed by atoms with Crippen molar-refractivity contribution in [1.29, 1.82) is 0 Å². The Balaban J connectivity index is 2.14. The highest BCUT2D eigenvalue weighted by Gasteiger charge is 2.28. The number of rotatable bonds is 1. The Morgan fingerprint density at radius 1 is 1.21 bits per heavy atom. The predicted molar refractivity (Wildman–Crippen MR) is 80.7 cm³/mol. The predicted octanol–water partition coefficient (Wildman–Crippen LogP) is 3.77. The van der Waals surface area contributed by atoms with Crippen LogP contribution in [-0.2, 0) is 0 Å². The van der Waals surface area contributed by atoms with Gasteiger partial charge in [-0.05, 0) is 29.9 Å². The second kappa shape index (κ2) is 4.46. The second-order valence-electron chi connectivity index (χ2n) is 6.28. The van der Waals surface area contributed by atoms with Gasteiger partial charge in [0.2, 0.25) is 0 Å². The third-order valence-electron chi connectivity index (χ3n) is 3.85. The molecular formula is C17H20N2. The maximum Gasteiger partial charge on any atom is 0.0776 e. The minimum Gasteiger partial charge on any atom is -0.324 e. The zero-order valence-corrected chi connectivity index (χ0v) is 11.6. The quantitative estimate of drug-likeness (QED) is 0.839. The molecule has 0 saturated heterocycles. The van der Waals surface area contributed by atoms with Crippen molar-refractivity contribution in [3.05, 3.63) is 48.2 Å². The smallest absolute Gasteiger partial charge is 0.0776 e. The fourth-order valence-corrected chi connectivity index (χ4v) is 3.15. The Bertz CT molecular complexity index is 635. The zero-order chi connectivity index (χ0) is 13.5. The summed E-state index contributed by atoms with van der Waals surface area (Å²) in [5, 5.41) is 1.19. The van der Waals surface area contributed by atoms with Gasteiger partial charge in [-0.25, -0.2) is 0 Å². The maximum absolute atomic E-state index is 6.19. The van der Waals surface area contributed by atoms with Crippen LogP contribution in [0.4, 0.5) is 0 Å². The van der Waals surface area contributed by atoms with Crippen molar-refractivity contribution >= 4 is 16.5 Å². The monoisotopic (exact) mass is 252 g/mol. The zero-order valence-electron chi connectivity index (χ0n) is 11.6. The van der Waals surface area contributed by atoms with Crippen LogP contribution in [0.2, 0.25) is 0 Å². The summed E-state index contributed by atoms with van der Waals surface area (Å²) in [5.74, 6) is 0. The molecule has 0 saturated carbocycles. The number of aromatic nitrogens is 1. The van der Waals surface area contributed by atoms with Gasteiger partial charge in [-0.15, -0.1) is 0 Å². The van der Waals surface area contributed by atoms with Gasteiger partial charge in [0.1, 0.15) is 0 Å². The van der Waals surface area contributed by atoms with Crippen LogP contribution in [-0.4, -0.2) is 11.0 Å². The van der Waals surface area contributed by atoms with E-state index in [9.17, 15) is 0 Å². The number of nitrogens with two attached hydrogens (primary N) is 1. The Morgan fingerprint density at radius 3 is 2.79 bits per heavy atom. The van der Waals surface area contributed by atoms with E-state index in [0.29, 0.717) is 0 Å². The molecule has 19 heavy (non-hydrogen) atoms.